The molecule has 24 heavy (non-hydrogen) atoms. The Morgan fingerprint density at radius 1 is 1.25 bits per heavy atom. The second-order valence-electron chi connectivity index (χ2n) is 5.90. The Kier molecular flexibility index (Phi) is 4.76. The highest BCUT2D eigenvalue weighted by atomic mass is 79.9. The van der Waals surface area contributed by atoms with Crippen LogP contribution in [-0.2, 0) is 17.1 Å². The summed E-state index contributed by atoms with van der Waals surface area (Å²) in [4.78, 5) is 14.4. The average Bonchev–Trinajstić information content (AvgIpc) is 3.04. The fourth-order valence-electron chi connectivity index (χ4n) is 3.01. The standard InChI is InChI=1S/C15H20BrN3O4S/c1-3-8-24(21,22)19-6-4-18(5-7-19)15(20)12-9-13-11(17(12)2)10-14(16)23-13/h9-10H,3-8H2,1-2H3. The molecule has 1 aliphatic rings. The van der Waals surface area contributed by atoms with Crippen LogP contribution < -0.4 is 0 Å². The molecule has 3 rings (SSSR count). The third-order valence-corrected chi connectivity index (χ3v) is 6.77. The lowest BCUT2D eigenvalue weighted by atomic mass is 10.3. The molecule has 0 N–H and O–H groups in total. The SMILES string of the molecule is CCCS(=O)(=O)N1CCN(C(=O)c2cc3oc(Br)cc3n2C)CC1. The predicted octanol–water partition coefficient (Wildman–Crippen LogP) is 2.03. The van der Waals surface area contributed by atoms with E-state index in [4.69, 9.17) is 4.42 Å². The number of amides is 1. The van der Waals surface area contributed by atoms with Crippen molar-refractivity contribution in [1.82, 2.24) is 13.8 Å². The van der Waals surface area contributed by atoms with Crippen LogP contribution >= 0.6 is 15.9 Å². The number of rotatable bonds is 4. The fraction of sp³-hybridized carbons (Fsp3) is 0.533. The number of hydrogen-bond donors (Lipinski definition) is 0. The molecule has 0 saturated carbocycles. The van der Waals surface area contributed by atoms with E-state index in [-0.39, 0.29) is 11.7 Å². The van der Waals surface area contributed by atoms with E-state index in [9.17, 15) is 13.2 Å². The third-order valence-electron chi connectivity index (χ3n) is 4.30. The maximum absolute atomic E-state index is 12.7. The lowest BCUT2D eigenvalue weighted by molar-refractivity contribution is 0.0688. The summed E-state index contributed by atoms with van der Waals surface area (Å²) in [6.07, 6.45) is 0.597. The first kappa shape index (κ1) is 17.5. The van der Waals surface area contributed by atoms with Crippen LogP contribution in [0.5, 0.6) is 0 Å². The van der Waals surface area contributed by atoms with Crippen molar-refractivity contribution in [2.24, 2.45) is 7.05 Å². The Bertz CT molecular complexity index is 863. The lowest BCUT2D eigenvalue weighted by Crippen LogP contribution is -2.51. The van der Waals surface area contributed by atoms with Crippen LogP contribution in [0.2, 0.25) is 0 Å². The van der Waals surface area contributed by atoms with E-state index in [1.54, 1.807) is 15.5 Å². The molecule has 0 aromatic carbocycles. The number of aromatic nitrogens is 1. The number of sulfonamides is 1. The van der Waals surface area contributed by atoms with Gasteiger partial charge < -0.3 is 13.9 Å². The van der Waals surface area contributed by atoms with Gasteiger partial charge in [-0.3, -0.25) is 4.79 Å². The third kappa shape index (κ3) is 3.12. The summed E-state index contributed by atoms with van der Waals surface area (Å²) >= 11 is 3.28. The van der Waals surface area contributed by atoms with Gasteiger partial charge in [-0.05, 0) is 22.4 Å². The minimum absolute atomic E-state index is 0.104. The van der Waals surface area contributed by atoms with Gasteiger partial charge in [0.05, 0.1) is 11.3 Å². The van der Waals surface area contributed by atoms with Crippen molar-refractivity contribution in [2.45, 2.75) is 13.3 Å². The molecule has 132 valence electrons. The first-order chi connectivity index (χ1) is 11.3. The van der Waals surface area contributed by atoms with Crippen molar-refractivity contribution in [3.8, 4) is 0 Å². The summed E-state index contributed by atoms with van der Waals surface area (Å²) < 4.78 is 33.6. The zero-order valence-corrected chi connectivity index (χ0v) is 16.1. The van der Waals surface area contributed by atoms with Gasteiger partial charge in [-0.2, -0.15) is 4.31 Å². The van der Waals surface area contributed by atoms with Crippen LogP contribution in [0.3, 0.4) is 0 Å². The first-order valence-corrected chi connectivity index (χ1v) is 10.3. The van der Waals surface area contributed by atoms with Gasteiger partial charge in [-0.1, -0.05) is 6.92 Å². The van der Waals surface area contributed by atoms with E-state index < -0.39 is 10.0 Å². The minimum atomic E-state index is -3.20. The Balaban J connectivity index is 1.73. The summed E-state index contributed by atoms with van der Waals surface area (Å²) in [6, 6.07) is 3.55. The molecule has 1 saturated heterocycles. The number of carbonyl (C=O) groups is 1. The van der Waals surface area contributed by atoms with Crippen LogP contribution in [-0.4, -0.2) is 60.0 Å². The number of hydrogen-bond acceptors (Lipinski definition) is 4. The molecular weight excluding hydrogens is 398 g/mol. The van der Waals surface area contributed by atoms with Crippen LogP contribution in [0.4, 0.5) is 0 Å². The molecule has 0 aliphatic carbocycles. The largest absolute Gasteiger partial charge is 0.448 e. The highest BCUT2D eigenvalue weighted by molar-refractivity contribution is 9.10. The van der Waals surface area contributed by atoms with Gasteiger partial charge in [0, 0.05) is 45.4 Å². The Morgan fingerprint density at radius 2 is 1.92 bits per heavy atom. The molecular formula is C15H20BrN3O4S. The molecule has 2 aromatic rings. The van der Waals surface area contributed by atoms with E-state index in [2.05, 4.69) is 15.9 Å². The molecule has 7 nitrogen and oxygen atoms in total. The predicted molar refractivity (Wildman–Crippen MR) is 94.4 cm³/mol. The summed E-state index contributed by atoms with van der Waals surface area (Å²) in [7, 11) is -1.38. The zero-order valence-electron chi connectivity index (χ0n) is 13.7. The maximum Gasteiger partial charge on any atom is 0.270 e. The van der Waals surface area contributed by atoms with Gasteiger partial charge >= 0.3 is 0 Å². The highest BCUT2D eigenvalue weighted by Gasteiger charge is 2.30. The molecule has 0 bridgehead atoms. The Morgan fingerprint density at radius 3 is 2.50 bits per heavy atom. The fourth-order valence-corrected chi connectivity index (χ4v) is 4.89. The van der Waals surface area contributed by atoms with Gasteiger partial charge in [-0.15, -0.1) is 0 Å². The summed E-state index contributed by atoms with van der Waals surface area (Å²) in [5, 5.41) is 0. The quantitative estimate of drug-likeness (QED) is 0.762. The van der Waals surface area contributed by atoms with Gasteiger partial charge in [-0.25, -0.2) is 8.42 Å². The minimum Gasteiger partial charge on any atom is -0.448 e. The molecule has 1 aliphatic heterocycles. The number of fused-ring (bicyclic) bond motifs is 1. The van der Waals surface area contributed by atoms with E-state index in [1.165, 1.54) is 4.31 Å². The first-order valence-electron chi connectivity index (χ1n) is 7.85. The summed E-state index contributed by atoms with van der Waals surface area (Å²) in [5.41, 5.74) is 2.03. The number of halogens is 1. The van der Waals surface area contributed by atoms with Crippen LogP contribution in [0.15, 0.2) is 21.2 Å². The van der Waals surface area contributed by atoms with Crippen molar-refractivity contribution in [2.75, 3.05) is 31.9 Å². The summed E-state index contributed by atoms with van der Waals surface area (Å²) in [5.74, 6) is 0.0527. The normalized spacial score (nSPS) is 16.9. The van der Waals surface area contributed by atoms with Gasteiger partial charge in [0.2, 0.25) is 10.0 Å². The van der Waals surface area contributed by atoms with Gasteiger partial charge in [0.25, 0.3) is 5.91 Å². The van der Waals surface area contributed by atoms with Crippen LogP contribution in [0.1, 0.15) is 23.8 Å². The smallest absolute Gasteiger partial charge is 0.270 e. The maximum atomic E-state index is 12.7. The summed E-state index contributed by atoms with van der Waals surface area (Å²) in [6.45, 7) is 3.34. The molecule has 3 heterocycles. The van der Waals surface area contributed by atoms with Gasteiger partial charge in [0.1, 0.15) is 5.69 Å². The molecule has 2 aromatic heterocycles. The number of furan rings is 1. The van der Waals surface area contributed by atoms with Crippen LogP contribution in [0, 0.1) is 0 Å². The average molecular weight is 418 g/mol. The van der Waals surface area contributed by atoms with E-state index in [0.29, 0.717) is 48.5 Å². The second kappa shape index (κ2) is 6.53. The lowest BCUT2D eigenvalue weighted by Gasteiger charge is -2.34. The number of piperazine rings is 1. The molecule has 0 spiro atoms. The van der Waals surface area contributed by atoms with Crippen LogP contribution in [0.25, 0.3) is 11.1 Å². The second-order valence-corrected chi connectivity index (χ2v) is 8.77. The molecule has 9 heteroatoms. The molecule has 0 radical (unpaired) electrons. The molecule has 1 fully saturated rings. The van der Waals surface area contributed by atoms with Crippen molar-refractivity contribution >= 4 is 43.0 Å². The topological polar surface area (TPSA) is 75.8 Å². The molecule has 0 unspecified atom stereocenters. The number of carbonyl (C=O) groups excluding carboxylic acids is 1. The van der Waals surface area contributed by atoms with Crippen molar-refractivity contribution < 1.29 is 17.6 Å². The van der Waals surface area contributed by atoms with Crippen molar-refractivity contribution in [3.05, 3.63) is 22.5 Å². The highest BCUT2D eigenvalue weighted by Crippen LogP contribution is 2.27. The Labute approximate surface area is 149 Å². The van der Waals surface area contributed by atoms with Crippen molar-refractivity contribution in [1.29, 1.82) is 0 Å². The monoisotopic (exact) mass is 417 g/mol. The Hall–Kier alpha value is -1.32. The molecule has 1 amide bonds. The van der Waals surface area contributed by atoms with E-state index >= 15 is 0 Å². The zero-order chi connectivity index (χ0) is 17.5. The number of nitrogens with zero attached hydrogens (tertiary/aromatic N) is 3. The van der Waals surface area contributed by atoms with Gasteiger partial charge in [0.15, 0.2) is 10.3 Å². The van der Waals surface area contributed by atoms with E-state index in [1.807, 2.05) is 20.0 Å². The van der Waals surface area contributed by atoms with Crippen molar-refractivity contribution in [3.63, 3.8) is 0 Å². The van der Waals surface area contributed by atoms with E-state index in [0.717, 1.165) is 5.52 Å². The number of aryl methyl sites for hydroxylation is 1. The molecule has 0 atom stereocenters.